The van der Waals surface area contributed by atoms with Gasteiger partial charge in [0.1, 0.15) is 6.61 Å². The molecule has 2 aliphatic carbocycles. The number of hydrogen-bond acceptors (Lipinski definition) is 4. The highest BCUT2D eigenvalue weighted by Gasteiger charge is 2.59. The monoisotopic (exact) mass is 373 g/mol. The Balaban J connectivity index is 1.30. The second kappa shape index (κ2) is 6.44. The largest absolute Gasteiger partial charge is 0.457 e. The fourth-order valence-corrected chi connectivity index (χ4v) is 4.71. The van der Waals surface area contributed by atoms with Crippen molar-refractivity contribution in [2.45, 2.75) is 13.0 Å². The number of nitrogens with zero attached hydrogens (tertiary/aromatic N) is 1. The molecule has 140 valence electrons. The minimum absolute atomic E-state index is 0.119. The number of anilines is 1. The molecular formula is C23H19NO4. The first-order chi connectivity index (χ1) is 13.6. The second-order valence-corrected chi connectivity index (χ2v) is 7.62. The van der Waals surface area contributed by atoms with Crippen molar-refractivity contribution < 1.29 is 19.1 Å². The van der Waals surface area contributed by atoms with E-state index < -0.39 is 5.97 Å². The molecular weight excluding hydrogens is 354 g/mol. The molecule has 0 spiro atoms. The maximum Gasteiger partial charge on any atom is 0.338 e. The number of carbonyl (C=O) groups is 3. The van der Waals surface area contributed by atoms with Crippen LogP contribution in [0.15, 0.2) is 66.7 Å². The van der Waals surface area contributed by atoms with Gasteiger partial charge >= 0.3 is 5.97 Å². The topological polar surface area (TPSA) is 63.7 Å². The van der Waals surface area contributed by atoms with Gasteiger partial charge in [-0.3, -0.25) is 14.5 Å². The van der Waals surface area contributed by atoms with E-state index in [1.54, 1.807) is 24.3 Å². The predicted molar refractivity (Wildman–Crippen MR) is 102 cm³/mol. The Labute approximate surface area is 162 Å². The van der Waals surface area contributed by atoms with Crippen LogP contribution in [-0.2, 0) is 20.9 Å². The fourth-order valence-electron chi connectivity index (χ4n) is 4.71. The first-order valence-electron chi connectivity index (χ1n) is 9.51. The maximum absolute atomic E-state index is 12.8. The molecule has 3 aliphatic rings. The predicted octanol–water partition coefficient (Wildman–Crippen LogP) is 3.36. The van der Waals surface area contributed by atoms with Crippen LogP contribution in [0, 0.1) is 23.7 Å². The number of benzene rings is 2. The number of hydrogen-bond donors (Lipinski definition) is 0. The molecule has 0 aromatic heterocycles. The quantitative estimate of drug-likeness (QED) is 0.468. The highest BCUT2D eigenvalue weighted by Crippen LogP contribution is 2.53. The Morgan fingerprint density at radius 2 is 1.50 bits per heavy atom. The van der Waals surface area contributed by atoms with Crippen molar-refractivity contribution >= 4 is 23.5 Å². The number of allylic oxidation sites excluding steroid dienone is 2. The molecule has 2 aromatic rings. The summed E-state index contributed by atoms with van der Waals surface area (Å²) in [6.45, 7) is 0.198. The zero-order valence-corrected chi connectivity index (χ0v) is 15.2. The first-order valence-corrected chi connectivity index (χ1v) is 9.51. The molecule has 0 N–H and O–H groups in total. The Hall–Kier alpha value is -3.21. The third kappa shape index (κ3) is 2.58. The van der Waals surface area contributed by atoms with E-state index in [1.807, 2.05) is 30.3 Å². The van der Waals surface area contributed by atoms with Crippen LogP contribution in [0.5, 0.6) is 0 Å². The molecule has 2 aromatic carbocycles. The summed E-state index contributed by atoms with van der Waals surface area (Å²) >= 11 is 0. The van der Waals surface area contributed by atoms with Gasteiger partial charge in [-0.15, -0.1) is 0 Å². The van der Waals surface area contributed by atoms with Gasteiger partial charge in [0.2, 0.25) is 11.8 Å². The van der Waals surface area contributed by atoms with Crippen LogP contribution in [0.2, 0.25) is 0 Å². The van der Waals surface area contributed by atoms with Gasteiger partial charge in [-0.1, -0.05) is 42.5 Å². The van der Waals surface area contributed by atoms with Crippen molar-refractivity contribution in [1.82, 2.24) is 0 Å². The Bertz CT molecular complexity index is 949. The molecule has 4 atom stereocenters. The molecule has 2 fully saturated rings. The highest BCUT2D eigenvalue weighted by molar-refractivity contribution is 6.22. The SMILES string of the molecule is O=C(OCc1ccccc1)c1ccc(N2C(=O)C3C4C=CC(C4)C3C2=O)cc1. The van der Waals surface area contributed by atoms with E-state index in [9.17, 15) is 14.4 Å². The molecule has 1 heterocycles. The second-order valence-electron chi connectivity index (χ2n) is 7.62. The molecule has 1 saturated carbocycles. The van der Waals surface area contributed by atoms with Crippen LogP contribution in [0.25, 0.3) is 0 Å². The summed E-state index contributed by atoms with van der Waals surface area (Å²) in [6, 6.07) is 15.9. The van der Waals surface area contributed by atoms with Crippen LogP contribution in [0.4, 0.5) is 5.69 Å². The summed E-state index contributed by atoms with van der Waals surface area (Å²) < 4.78 is 5.32. The minimum Gasteiger partial charge on any atom is -0.457 e. The zero-order valence-electron chi connectivity index (χ0n) is 15.2. The van der Waals surface area contributed by atoms with Gasteiger partial charge in [-0.25, -0.2) is 4.79 Å². The molecule has 2 amide bonds. The lowest BCUT2D eigenvalue weighted by Gasteiger charge is -2.17. The Kier molecular flexibility index (Phi) is 3.90. The number of amides is 2. The van der Waals surface area contributed by atoms with Gasteiger partial charge < -0.3 is 4.74 Å². The van der Waals surface area contributed by atoms with Crippen molar-refractivity contribution in [2.75, 3.05) is 4.90 Å². The summed E-state index contributed by atoms with van der Waals surface area (Å²) in [5.74, 6) is -0.755. The van der Waals surface area contributed by atoms with Crippen LogP contribution in [0.1, 0.15) is 22.3 Å². The molecule has 1 aliphatic heterocycles. The van der Waals surface area contributed by atoms with Crippen molar-refractivity contribution in [3.8, 4) is 0 Å². The summed E-state index contributed by atoms with van der Waals surface area (Å²) in [7, 11) is 0. The maximum atomic E-state index is 12.8. The van der Waals surface area contributed by atoms with Gasteiger partial charge in [0.05, 0.1) is 23.1 Å². The lowest BCUT2D eigenvalue weighted by Crippen LogP contribution is -2.32. The molecule has 0 radical (unpaired) electrons. The lowest BCUT2D eigenvalue weighted by molar-refractivity contribution is -0.123. The van der Waals surface area contributed by atoms with E-state index in [4.69, 9.17) is 4.74 Å². The number of imide groups is 1. The number of ether oxygens (including phenoxy) is 1. The Morgan fingerprint density at radius 1 is 0.893 bits per heavy atom. The summed E-state index contributed by atoms with van der Waals surface area (Å²) in [4.78, 5) is 39.2. The fraction of sp³-hybridized carbons (Fsp3) is 0.261. The average molecular weight is 373 g/mol. The third-order valence-corrected chi connectivity index (χ3v) is 6.04. The molecule has 4 unspecified atom stereocenters. The summed E-state index contributed by atoms with van der Waals surface area (Å²) in [5.41, 5.74) is 1.82. The number of rotatable bonds is 4. The molecule has 5 heteroatoms. The average Bonchev–Trinajstić information content (AvgIpc) is 3.41. The smallest absolute Gasteiger partial charge is 0.338 e. The summed E-state index contributed by atoms with van der Waals surface area (Å²) in [5, 5.41) is 0. The molecule has 5 rings (SSSR count). The molecule has 28 heavy (non-hydrogen) atoms. The minimum atomic E-state index is -0.436. The van der Waals surface area contributed by atoms with E-state index in [1.165, 1.54) is 4.90 Å². The molecule has 1 saturated heterocycles. The van der Waals surface area contributed by atoms with Crippen molar-refractivity contribution in [3.63, 3.8) is 0 Å². The van der Waals surface area contributed by atoms with Crippen molar-refractivity contribution in [1.29, 1.82) is 0 Å². The van der Waals surface area contributed by atoms with Crippen molar-refractivity contribution in [2.24, 2.45) is 23.7 Å². The normalized spacial score (nSPS) is 27.4. The number of fused-ring (bicyclic) bond motifs is 5. The van der Waals surface area contributed by atoms with Crippen LogP contribution in [-0.4, -0.2) is 17.8 Å². The number of carbonyl (C=O) groups excluding carboxylic acids is 3. The van der Waals surface area contributed by atoms with E-state index in [-0.39, 0.29) is 42.1 Å². The van der Waals surface area contributed by atoms with Crippen LogP contribution < -0.4 is 4.90 Å². The standard InChI is InChI=1S/C23H19NO4/c25-21-19-16-6-7-17(12-16)20(19)22(26)24(21)18-10-8-15(9-11-18)23(27)28-13-14-4-2-1-3-5-14/h1-11,16-17,19-20H,12-13H2. The van der Waals surface area contributed by atoms with Gasteiger partial charge in [0, 0.05) is 0 Å². The van der Waals surface area contributed by atoms with Crippen molar-refractivity contribution in [3.05, 3.63) is 77.9 Å². The van der Waals surface area contributed by atoms with Gasteiger partial charge in [0.15, 0.2) is 0 Å². The van der Waals surface area contributed by atoms with Crippen LogP contribution >= 0.6 is 0 Å². The van der Waals surface area contributed by atoms with Gasteiger partial charge in [-0.05, 0) is 48.1 Å². The molecule has 5 nitrogen and oxygen atoms in total. The number of esters is 1. The van der Waals surface area contributed by atoms with E-state index in [0.717, 1.165) is 12.0 Å². The zero-order chi connectivity index (χ0) is 19.3. The lowest BCUT2D eigenvalue weighted by atomic mass is 9.85. The van der Waals surface area contributed by atoms with Gasteiger partial charge in [-0.2, -0.15) is 0 Å². The van der Waals surface area contributed by atoms with Gasteiger partial charge in [0.25, 0.3) is 0 Å². The van der Waals surface area contributed by atoms with E-state index in [2.05, 4.69) is 12.2 Å². The Morgan fingerprint density at radius 3 is 2.11 bits per heavy atom. The third-order valence-electron chi connectivity index (χ3n) is 6.04. The van der Waals surface area contributed by atoms with Crippen LogP contribution in [0.3, 0.4) is 0 Å². The first kappa shape index (κ1) is 16.9. The highest BCUT2D eigenvalue weighted by atomic mass is 16.5. The summed E-state index contributed by atoms with van der Waals surface area (Å²) in [6.07, 6.45) is 5.06. The molecule has 2 bridgehead atoms. The van der Waals surface area contributed by atoms with E-state index >= 15 is 0 Å². The van der Waals surface area contributed by atoms with E-state index in [0.29, 0.717) is 11.3 Å².